The van der Waals surface area contributed by atoms with Gasteiger partial charge in [-0.1, -0.05) is 25.0 Å². The lowest BCUT2D eigenvalue weighted by Gasteiger charge is -2.19. The predicted octanol–water partition coefficient (Wildman–Crippen LogP) is 1.83. The Balaban J connectivity index is 1.26. The molecular weight excluding hydrogens is 358 g/mol. The predicted molar refractivity (Wildman–Crippen MR) is 103 cm³/mol. The molecule has 2 N–H and O–H groups in total. The second kappa shape index (κ2) is 7.26. The van der Waals surface area contributed by atoms with E-state index in [-0.39, 0.29) is 30.8 Å². The van der Waals surface area contributed by atoms with E-state index in [2.05, 4.69) is 15.6 Å². The van der Waals surface area contributed by atoms with Crippen molar-refractivity contribution in [1.82, 2.24) is 25.1 Å². The molecule has 1 aromatic heterocycles. The minimum Gasteiger partial charge on any atom is -0.349 e. The Morgan fingerprint density at radius 1 is 1.25 bits per heavy atom. The normalized spacial score (nSPS) is 18.2. The van der Waals surface area contributed by atoms with E-state index >= 15 is 0 Å². The van der Waals surface area contributed by atoms with Crippen LogP contribution in [0.15, 0.2) is 24.3 Å². The van der Waals surface area contributed by atoms with Gasteiger partial charge in [-0.2, -0.15) is 0 Å². The van der Waals surface area contributed by atoms with Crippen LogP contribution in [0, 0.1) is 0 Å². The highest BCUT2D eigenvalue weighted by Crippen LogP contribution is 2.35. The van der Waals surface area contributed by atoms with Gasteiger partial charge in [0.25, 0.3) is 5.91 Å². The molecule has 28 heavy (non-hydrogen) atoms. The Morgan fingerprint density at radius 3 is 2.75 bits per heavy atom. The van der Waals surface area contributed by atoms with Crippen LogP contribution in [0.25, 0.3) is 11.0 Å². The van der Waals surface area contributed by atoms with Gasteiger partial charge in [0.05, 0.1) is 17.6 Å². The molecule has 2 heterocycles. The van der Waals surface area contributed by atoms with E-state index in [1.807, 2.05) is 35.9 Å². The molecule has 0 bridgehead atoms. The number of hydrogen-bond donors (Lipinski definition) is 2. The molecule has 2 aliphatic rings. The molecule has 4 amide bonds. The summed E-state index contributed by atoms with van der Waals surface area (Å²) in [6.07, 6.45) is 4.06. The number of nitrogens with one attached hydrogen (secondary N) is 2. The van der Waals surface area contributed by atoms with Crippen LogP contribution in [0.4, 0.5) is 4.79 Å². The number of carbonyl (C=O) groups is 3. The first-order chi connectivity index (χ1) is 13.5. The first-order valence-corrected chi connectivity index (χ1v) is 9.81. The second-order valence-corrected chi connectivity index (χ2v) is 7.63. The van der Waals surface area contributed by atoms with Crippen LogP contribution >= 0.6 is 0 Å². The summed E-state index contributed by atoms with van der Waals surface area (Å²) in [5.41, 5.74) is 1.24. The number of nitrogens with zero attached hydrogens (tertiary/aromatic N) is 3. The summed E-state index contributed by atoms with van der Waals surface area (Å²) < 4.78 is 1.96. The number of fused-ring (bicyclic) bond motifs is 1. The van der Waals surface area contributed by atoms with Crippen molar-refractivity contribution in [2.45, 2.75) is 50.6 Å². The van der Waals surface area contributed by atoms with Crippen LogP contribution in [0.5, 0.6) is 0 Å². The van der Waals surface area contributed by atoms with Gasteiger partial charge in [0.2, 0.25) is 5.91 Å². The highest BCUT2D eigenvalue weighted by Gasteiger charge is 2.51. The molecule has 1 saturated carbocycles. The number of para-hydroxylation sites is 2. The zero-order chi connectivity index (χ0) is 19.7. The molecule has 1 spiro atoms. The van der Waals surface area contributed by atoms with Crippen LogP contribution in [-0.4, -0.2) is 44.4 Å². The first-order valence-electron chi connectivity index (χ1n) is 9.81. The molecule has 2 aromatic rings. The third kappa shape index (κ3) is 3.23. The van der Waals surface area contributed by atoms with E-state index in [1.165, 1.54) is 4.90 Å². The average Bonchev–Trinajstić information content (AvgIpc) is 3.34. The molecule has 1 aliphatic carbocycles. The lowest BCUT2D eigenvalue weighted by molar-refractivity contribution is -0.131. The summed E-state index contributed by atoms with van der Waals surface area (Å²) in [6.45, 7) is 0.613. The summed E-state index contributed by atoms with van der Waals surface area (Å²) in [5.74, 6) is 0.539. The third-order valence-corrected chi connectivity index (χ3v) is 5.81. The van der Waals surface area contributed by atoms with Crippen LogP contribution < -0.4 is 10.6 Å². The fourth-order valence-corrected chi connectivity index (χ4v) is 4.21. The number of imide groups is 1. The Morgan fingerprint density at radius 2 is 2.00 bits per heavy atom. The molecule has 0 radical (unpaired) electrons. The SMILES string of the molecule is Cn1c(CNC(=O)CCCN2C(=O)NC3(CCCC3)C2=O)nc2ccccc21. The van der Waals surface area contributed by atoms with Gasteiger partial charge >= 0.3 is 6.03 Å². The minimum absolute atomic E-state index is 0.116. The van der Waals surface area contributed by atoms with Crippen molar-refractivity contribution in [2.75, 3.05) is 6.54 Å². The number of aryl methyl sites for hydroxylation is 1. The number of aromatic nitrogens is 2. The largest absolute Gasteiger partial charge is 0.349 e. The number of hydrogen-bond acceptors (Lipinski definition) is 4. The number of urea groups is 1. The van der Waals surface area contributed by atoms with Gasteiger partial charge in [0.1, 0.15) is 11.4 Å². The van der Waals surface area contributed by atoms with Gasteiger partial charge in [0.15, 0.2) is 0 Å². The van der Waals surface area contributed by atoms with E-state index in [0.29, 0.717) is 25.8 Å². The van der Waals surface area contributed by atoms with Gasteiger partial charge in [0, 0.05) is 20.0 Å². The molecule has 1 aromatic carbocycles. The van der Waals surface area contributed by atoms with E-state index in [1.54, 1.807) is 0 Å². The highest BCUT2D eigenvalue weighted by atomic mass is 16.2. The molecule has 8 heteroatoms. The fraction of sp³-hybridized carbons (Fsp3) is 0.500. The summed E-state index contributed by atoms with van der Waals surface area (Å²) >= 11 is 0. The second-order valence-electron chi connectivity index (χ2n) is 7.63. The van der Waals surface area contributed by atoms with Crippen LogP contribution in [-0.2, 0) is 23.2 Å². The summed E-state index contributed by atoms with van der Waals surface area (Å²) in [7, 11) is 1.92. The molecule has 0 atom stereocenters. The topological polar surface area (TPSA) is 96.3 Å². The van der Waals surface area contributed by atoms with Crippen molar-refractivity contribution in [3.8, 4) is 0 Å². The molecule has 0 unspecified atom stereocenters. The van der Waals surface area contributed by atoms with E-state index < -0.39 is 5.54 Å². The lowest BCUT2D eigenvalue weighted by atomic mass is 9.98. The summed E-state index contributed by atoms with van der Waals surface area (Å²) in [6, 6.07) is 7.49. The highest BCUT2D eigenvalue weighted by molar-refractivity contribution is 6.07. The van der Waals surface area contributed by atoms with Crippen molar-refractivity contribution in [1.29, 1.82) is 0 Å². The molecule has 1 aliphatic heterocycles. The first kappa shape index (κ1) is 18.5. The van der Waals surface area contributed by atoms with E-state index in [0.717, 1.165) is 29.7 Å². The number of benzene rings is 1. The molecular formula is C20H25N5O3. The van der Waals surface area contributed by atoms with Gasteiger partial charge in [-0.3, -0.25) is 14.5 Å². The van der Waals surface area contributed by atoms with E-state index in [9.17, 15) is 14.4 Å². The number of amides is 4. The van der Waals surface area contributed by atoms with Gasteiger partial charge in [-0.15, -0.1) is 0 Å². The number of carbonyl (C=O) groups excluding carboxylic acids is 3. The Labute approximate surface area is 163 Å². The molecule has 2 fully saturated rings. The van der Waals surface area contributed by atoms with E-state index in [4.69, 9.17) is 0 Å². The van der Waals surface area contributed by atoms with Crippen molar-refractivity contribution < 1.29 is 14.4 Å². The number of rotatable bonds is 6. The van der Waals surface area contributed by atoms with Crippen LogP contribution in [0.2, 0.25) is 0 Å². The van der Waals surface area contributed by atoms with Crippen LogP contribution in [0.3, 0.4) is 0 Å². The van der Waals surface area contributed by atoms with Crippen molar-refractivity contribution in [3.05, 3.63) is 30.1 Å². The zero-order valence-electron chi connectivity index (χ0n) is 16.0. The smallest absolute Gasteiger partial charge is 0.325 e. The zero-order valence-corrected chi connectivity index (χ0v) is 16.0. The van der Waals surface area contributed by atoms with Gasteiger partial charge in [-0.25, -0.2) is 9.78 Å². The standard InChI is InChI=1S/C20H25N5O3/c1-24-15-8-3-2-7-14(15)22-16(24)13-21-17(26)9-6-12-25-18(27)20(23-19(25)28)10-4-5-11-20/h2-3,7-8H,4-6,9-13H2,1H3,(H,21,26)(H,23,28). The summed E-state index contributed by atoms with van der Waals surface area (Å²) in [5, 5.41) is 5.73. The molecule has 8 nitrogen and oxygen atoms in total. The minimum atomic E-state index is -0.681. The Kier molecular flexibility index (Phi) is 4.78. The summed E-state index contributed by atoms with van der Waals surface area (Å²) in [4.78, 5) is 42.7. The van der Waals surface area contributed by atoms with Crippen molar-refractivity contribution in [3.63, 3.8) is 0 Å². The quantitative estimate of drug-likeness (QED) is 0.744. The number of imidazole rings is 1. The molecule has 1 saturated heterocycles. The fourth-order valence-electron chi connectivity index (χ4n) is 4.21. The van der Waals surface area contributed by atoms with Gasteiger partial charge in [-0.05, 0) is 31.4 Å². The maximum Gasteiger partial charge on any atom is 0.325 e. The monoisotopic (exact) mass is 383 g/mol. The molecule has 148 valence electrons. The Bertz CT molecular complexity index is 929. The average molecular weight is 383 g/mol. The Hall–Kier alpha value is -2.90. The van der Waals surface area contributed by atoms with Crippen molar-refractivity contribution in [2.24, 2.45) is 7.05 Å². The van der Waals surface area contributed by atoms with Gasteiger partial charge < -0.3 is 15.2 Å². The van der Waals surface area contributed by atoms with Crippen LogP contribution in [0.1, 0.15) is 44.3 Å². The maximum atomic E-state index is 12.6. The maximum absolute atomic E-state index is 12.6. The third-order valence-electron chi connectivity index (χ3n) is 5.81. The van der Waals surface area contributed by atoms with Crippen molar-refractivity contribution >= 4 is 28.9 Å². The molecule has 4 rings (SSSR count). The lowest BCUT2D eigenvalue weighted by Crippen LogP contribution is -2.44.